The highest BCUT2D eigenvalue weighted by Gasteiger charge is 2.18. The average Bonchev–Trinajstić information content (AvgIpc) is 2.50. The number of benzene rings is 1. The van der Waals surface area contributed by atoms with Gasteiger partial charge in [0.05, 0.1) is 0 Å². The van der Waals surface area contributed by atoms with E-state index in [1.165, 1.54) is 7.11 Å². The molecule has 3 nitrogen and oxygen atoms in total. The molecule has 0 fully saturated rings. The van der Waals surface area contributed by atoms with Crippen LogP contribution in [-0.2, 0) is 4.84 Å². The van der Waals surface area contributed by atoms with Crippen LogP contribution in [0.5, 0.6) is 5.75 Å². The van der Waals surface area contributed by atoms with E-state index in [2.05, 4.69) is 5.16 Å². The van der Waals surface area contributed by atoms with Crippen molar-refractivity contribution in [2.45, 2.75) is 0 Å². The van der Waals surface area contributed by atoms with Crippen LogP contribution in [0.15, 0.2) is 29.4 Å². The van der Waals surface area contributed by atoms with Gasteiger partial charge in [-0.1, -0.05) is 17.3 Å². The summed E-state index contributed by atoms with van der Waals surface area (Å²) in [6, 6.07) is 7.79. The number of hydrogen-bond acceptors (Lipinski definition) is 3. The second-order valence-corrected chi connectivity index (χ2v) is 2.51. The van der Waals surface area contributed by atoms with Crippen molar-refractivity contribution >= 4 is 5.71 Å². The van der Waals surface area contributed by atoms with Gasteiger partial charge in [-0.05, 0) is 12.1 Å². The second-order valence-electron chi connectivity index (χ2n) is 2.51. The molecule has 0 radical (unpaired) electrons. The zero-order valence-electron chi connectivity index (χ0n) is 6.78. The van der Waals surface area contributed by atoms with Crippen LogP contribution in [-0.4, -0.2) is 19.4 Å². The SMILES string of the molecule is CO/N=C1\COc2ccccc21. The van der Waals surface area contributed by atoms with Crippen molar-refractivity contribution in [3.63, 3.8) is 0 Å². The molecule has 0 aromatic heterocycles. The van der Waals surface area contributed by atoms with E-state index >= 15 is 0 Å². The van der Waals surface area contributed by atoms with Crippen LogP contribution in [0.2, 0.25) is 0 Å². The number of fused-ring (bicyclic) bond motifs is 1. The molecule has 2 rings (SSSR count). The lowest BCUT2D eigenvalue weighted by atomic mass is 10.1. The Morgan fingerprint density at radius 3 is 3.08 bits per heavy atom. The minimum Gasteiger partial charge on any atom is -0.486 e. The summed E-state index contributed by atoms with van der Waals surface area (Å²) in [7, 11) is 1.54. The van der Waals surface area contributed by atoms with Crippen molar-refractivity contribution in [1.29, 1.82) is 0 Å². The molecule has 1 aliphatic rings. The highest BCUT2D eigenvalue weighted by atomic mass is 16.6. The number of ether oxygens (including phenoxy) is 1. The van der Waals surface area contributed by atoms with E-state index in [0.717, 1.165) is 17.0 Å². The topological polar surface area (TPSA) is 30.8 Å². The van der Waals surface area contributed by atoms with Gasteiger partial charge in [0.1, 0.15) is 25.2 Å². The largest absolute Gasteiger partial charge is 0.486 e. The maximum Gasteiger partial charge on any atom is 0.134 e. The molecule has 0 amide bonds. The molecule has 1 aromatic rings. The molecule has 0 bridgehead atoms. The molecule has 0 aliphatic carbocycles. The van der Waals surface area contributed by atoms with Crippen molar-refractivity contribution in [3.8, 4) is 5.75 Å². The van der Waals surface area contributed by atoms with Crippen LogP contribution in [0, 0.1) is 0 Å². The summed E-state index contributed by atoms with van der Waals surface area (Å²) in [6.07, 6.45) is 0. The van der Waals surface area contributed by atoms with Crippen LogP contribution >= 0.6 is 0 Å². The molecule has 0 spiro atoms. The van der Waals surface area contributed by atoms with Crippen molar-refractivity contribution in [2.75, 3.05) is 13.7 Å². The maximum atomic E-state index is 5.35. The van der Waals surface area contributed by atoms with Gasteiger partial charge in [-0.15, -0.1) is 0 Å². The van der Waals surface area contributed by atoms with Crippen LogP contribution < -0.4 is 4.74 Å². The number of oxime groups is 1. The van der Waals surface area contributed by atoms with Crippen molar-refractivity contribution in [3.05, 3.63) is 29.8 Å². The molecular formula is C9H9NO2. The Bertz CT molecular complexity index is 320. The summed E-state index contributed by atoms with van der Waals surface area (Å²) in [6.45, 7) is 0.507. The third kappa shape index (κ3) is 1.03. The minimum absolute atomic E-state index is 0.507. The smallest absolute Gasteiger partial charge is 0.134 e. The van der Waals surface area contributed by atoms with E-state index in [1.807, 2.05) is 24.3 Å². The number of para-hydroxylation sites is 1. The molecule has 12 heavy (non-hydrogen) atoms. The Morgan fingerprint density at radius 1 is 1.42 bits per heavy atom. The molecule has 0 N–H and O–H groups in total. The van der Waals surface area contributed by atoms with Gasteiger partial charge < -0.3 is 9.57 Å². The molecule has 0 unspecified atom stereocenters. The first kappa shape index (κ1) is 7.16. The summed E-state index contributed by atoms with van der Waals surface area (Å²) in [5, 5.41) is 3.86. The lowest BCUT2D eigenvalue weighted by Crippen LogP contribution is -2.02. The molecule has 62 valence electrons. The molecule has 3 heteroatoms. The van der Waals surface area contributed by atoms with E-state index in [9.17, 15) is 0 Å². The Labute approximate surface area is 70.6 Å². The summed E-state index contributed by atoms with van der Waals surface area (Å²) in [4.78, 5) is 4.69. The van der Waals surface area contributed by atoms with Crippen LogP contribution in [0.1, 0.15) is 5.56 Å². The highest BCUT2D eigenvalue weighted by Crippen LogP contribution is 2.24. The van der Waals surface area contributed by atoms with E-state index in [-0.39, 0.29) is 0 Å². The minimum atomic E-state index is 0.507. The molecule has 1 heterocycles. The monoisotopic (exact) mass is 163 g/mol. The van der Waals surface area contributed by atoms with E-state index < -0.39 is 0 Å². The first-order valence-electron chi connectivity index (χ1n) is 3.74. The van der Waals surface area contributed by atoms with Gasteiger partial charge in [-0.2, -0.15) is 0 Å². The maximum absolute atomic E-state index is 5.35. The molecular weight excluding hydrogens is 154 g/mol. The summed E-state index contributed by atoms with van der Waals surface area (Å²) < 4.78 is 5.35. The molecule has 0 atom stereocenters. The van der Waals surface area contributed by atoms with Gasteiger partial charge in [-0.3, -0.25) is 0 Å². The standard InChI is InChI=1S/C9H9NO2/c1-11-10-8-6-12-9-5-3-2-4-7(8)9/h2-5H,6H2,1H3/b10-8+. The molecule has 1 aliphatic heterocycles. The second kappa shape index (κ2) is 2.85. The predicted octanol–water partition coefficient (Wildman–Crippen LogP) is 1.43. The van der Waals surface area contributed by atoms with Gasteiger partial charge in [0.15, 0.2) is 0 Å². The van der Waals surface area contributed by atoms with Crippen molar-refractivity contribution < 1.29 is 9.57 Å². The summed E-state index contributed by atoms with van der Waals surface area (Å²) in [5.74, 6) is 0.883. The Morgan fingerprint density at radius 2 is 2.25 bits per heavy atom. The third-order valence-corrected chi connectivity index (χ3v) is 1.76. The summed E-state index contributed by atoms with van der Waals surface area (Å²) in [5.41, 5.74) is 1.88. The average molecular weight is 163 g/mol. The third-order valence-electron chi connectivity index (χ3n) is 1.76. The van der Waals surface area contributed by atoms with Gasteiger partial charge in [0, 0.05) is 5.56 Å². The fourth-order valence-corrected chi connectivity index (χ4v) is 1.24. The molecule has 1 aromatic carbocycles. The predicted molar refractivity (Wildman–Crippen MR) is 45.5 cm³/mol. The van der Waals surface area contributed by atoms with Gasteiger partial charge in [0.2, 0.25) is 0 Å². The highest BCUT2D eigenvalue weighted by molar-refractivity contribution is 6.05. The zero-order valence-corrected chi connectivity index (χ0v) is 6.78. The number of rotatable bonds is 1. The van der Waals surface area contributed by atoms with E-state index in [1.54, 1.807) is 0 Å². The lowest BCUT2D eigenvalue weighted by Gasteiger charge is -1.93. The zero-order chi connectivity index (χ0) is 8.39. The summed E-state index contributed by atoms with van der Waals surface area (Å²) >= 11 is 0. The van der Waals surface area contributed by atoms with Crippen LogP contribution in [0.25, 0.3) is 0 Å². The Kier molecular flexibility index (Phi) is 1.70. The normalized spacial score (nSPS) is 17.2. The van der Waals surface area contributed by atoms with E-state index in [4.69, 9.17) is 9.57 Å². The van der Waals surface area contributed by atoms with Crippen LogP contribution in [0.4, 0.5) is 0 Å². The quantitative estimate of drug-likeness (QED) is 0.586. The van der Waals surface area contributed by atoms with Gasteiger partial charge >= 0.3 is 0 Å². The van der Waals surface area contributed by atoms with E-state index in [0.29, 0.717) is 6.61 Å². The van der Waals surface area contributed by atoms with Crippen molar-refractivity contribution in [2.24, 2.45) is 5.16 Å². The number of nitrogens with zero attached hydrogens (tertiary/aromatic N) is 1. The van der Waals surface area contributed by atoms with Crippen LogP contribution in [0.3, 0.4) is 0 Å². The van der Waals surface area contributed by atoms with Crippen molar-refractivity contribution in [1.82, 2.24) is 0 Å². The Balaban J connectivity index is 2.43. The first-order chi connectivity index (χ1) is 5.92. The molecule has 0 saturated heterocycles. The first-order valence-corrected chi connectivity index (χ1v) is 3.74. The fourth-order valence-electron chi connectivity index (χ4n) is 1.24. The lowest BCUT2D eigenvalue weighted by molar-refractivity contribution is 0.212. The van der Waals surface area contributed by atoms with Gasteiger partial charge in [0.25, 0.3) is 0 Å². The molecule has 0 saturated carbocycles. The van der Waals surface area contributed by atoms with Gasteiger partial charge in [-0.25, -0.2) is 0 Å². The number of hydrogen-bond donors (Lipinski definition) is 0. The fraction of sp³-hybridized carbons (Fsp3) is 0.222. The Hall–Kier alpha value is -1.51.